The van der Waals surface area contributed by atoms with Crippen LogP contribution in [0.25, 0.3) is 5.65 Å². The zero-order chi connectivity index (χ0) is 35.7. The van der Waals surface area contributed by atoms with Gasteiger partial charge in [-0.05, 0) is 49.1 Å². The molecule has 1 aliphatic heterocycles. The Balaban J connectivity index is 1.36. The van der Waals surface area contributed by atoms with Crippen molar-refractivity contribution >= 4 is 54.3 Å². The SMILES string of the molecule is COc1ccc(CN(c2nc(Nc3cc(C#N)cc(N4CC[C@@H](N(C)C(=O)O)[C@H](OP(=O)(O)O)C4)c3Cl)nn3c(C#N)cnc23)C2CC2)cc1. The van der Waals surface area contributed by atoms with Crippen LogP contribution in [-0.2, 0) is 15.6 Å². The molecule has 2 fully saturated rings. The number of carboxylic acid groups (broad SMARTS) is 1. The van der Waals surface area contributed by atoms with E-state index in [1.807, 2.05) is 24.3 Å². The molecule has 1 saturated heterocycles. The number of phosphoric ester groups is 1. The second-order valence-electron chi connectivity index (χ2n) is 11.9. The van der Waals surface area contributed by atoms with E-state index in [1.54, 1.807) is 12.0 Å². The highest BCUT2D eigenvalue weighted by molar-refractivity contribution is 7.46. The fourth-order valence-corrected chi connectivity index (χ4v) is 6.82. The standard InChI is InChI=1S/C31H32ClN10O7P/c1-39(31(43)44)24-9-10-40(17-26(24)49-50(45,46)47)25-12-19(13-33)11-23(27(25)32)36-30-37-29(28-35-15-21(14-34)42(28)38-30)41(20-5-6-20)16-18-3-7-22(48-2)8-4-18/h3-4,7-8,11-12,15,20,24,26H,5-6,9-10,16-17H2,1-2H3,(H,36,38)(H,43,44)(H2,45,46,47)/t24-,26-/m1/s1. The number of anilines is 4. The van der Waals surface area contributed by atoms with Crippen molar-refractivity contribution in [2.75, 3.05) is 42.4 Å². The molecule has 1 saturated carbocycles. The number of aromatic nitrogens is 4. The van der Waals surface area contributed by atoms with Gasteiger partial charge < -0.3 is 39.6 Å². The number of carbonyl (C=O) groups is 1. The molecule has 4 aromatic rings. The molecular formula is C31H32ClN10O7P. The number of ether oxygens (including phenoxy) is 1. The van der Waals surface area contributed by atoms with Crippen LogP contribution < -0.4 is 19.9 Å². The average Bonchev–Trinajstić information content (AvgIpc) is 3.85. The predicted octanol–water partition coefficient (Wildman–Crippen LogP) is 4.11. The van der Waals surface area contributed by atoms with Crippen molar-refractivity contribution in [3.63, 3.8) is 0 Å². The Morgan fingerprint density at radius 1 is 1.18 bits per heavy atom. The lowest BCUT2D eigenvalue weighted by atomic mass is 9.99. The molecule has 3 heterocycles. The zero-order valence-electron chi connectivity index (χ0n) is 26.8. The monoisotopic (exact) mass is 722 g/mol. The number of imidazole rings is 1. The Bertz CT molecular complexity index is 2060. The quantitative estimate of drug-likeness (QED) is 0.160. The van der Waals surface area contributed by atoms with Gasteiger partial charge in [0.1, 0.15) is 17.9 Å². The number of phosphoric acid groups is 1. The Kier molecular flexibility index (Phi) is 9.71. The maximum Gasteiger partial charge on any atom is 0.469 e. The molecule has 0 unspecified atom stereocenters. The molecule has 6 rings (SSSR count). The van der Waals surface area contributed by atoms with Crippen molar-refractivity contribution in [2.24, 2.45) is 0 Å². The number of likely N-dealkylation sites (N-methyl/N-ethyl adjacent to an activating group) is 1. The summed E-state index contributed by atoms with van der Waals surface area (Å²) in [5.41, 5.74) is 2.35. The second kappa shape index (κ2) is 14.0. The molecule has 4 N–H and O–H groups in total. The molecule has 0 bridgehead atoms. The first-order valence-electron chi connectivity index (χ1n) is 15.4. The van der Waals surface area contributed by atoms with Gasteiger partial charge >= 0.3 is 13.9 Å². The van der Waals surface area contributed by atoms with Gasteiger partial charge in [-0.25, -0.2) is 14.3 Å². The predicted molar refractivity (Wildman–Crippen MR) is 180 cm³/mol. The number of amides is 1. The maximum atomic E-state index is 11.8. The van der Waals surface area contributed by atoms with Gasteiger partial charge in [-0.3, -0.25) is 4.52 Å². The Morgan fingerprint density at radius 2 is 1.92 bits per heavy atom. The average molecular weight is 723 g/mol. The number of nitrogens with zero attached hydrogens (tertiary/aromatic N) is 9. The molecule has 1 aliphatic carbocycles. The first-order valence-corrected chi connectivity index (χ1v) is 17.3. The van der Waals surface area contributed by atoms with Gasteiger partial charge in [-0.15, -0.1) is 5.10 Å². The van der Waals surface area contributed by atoms with E-state index in [1.165, 1.54) is 29.9 Å². The number of nitrogens with one attached hydrogen (secondary N) is 1. The van der Waals surface area contributed by atoms with Crippen molar-refractivity contribution in [2.45, 2.75) is 44.0 Å². The van der Waals surface area contributed by atoms with Crippen molar-refractivity contribution in [1.29, 1.82) is 10.5 Å². The first kappa shape index (κ1) is 34.7. The molecule has 50 heavy (non-hydrogen) atoms. The Hall–Kier alpha value is -5.16. The maximum absolute atomic E-state index is 11.8. The fourth-order valence-electron chi connectivity index (χ4n) is 5.98. The van der Waals surface area contributed by atoms with Crippen LogP contribution in [-0.4, -0.2) is 90.9 Å². The molecule has 260 valence electrons. The van der Waals surface area contributed by atoms with E-state index in [2.05, 4.69) is 32.4 Å². The summed E-state index contributed by atoms with van der Waals surface area (Å²) >= 11 is 6.94. The summed E-state index contributed by atoms with van der Waals surface area (Å²) in [6, 6.07) is 14.2. The number of hydrogen-bond donors (Lipinski definition) is 4. The van der Waals surface area contributed by atoms with Gasteiger partial charge in [0.15, 0.2) is 17.2 Å². The number of hydrogen-bond acceptors (Lipinski definition) is 12. The lowest BCUT2D eigenvalue weighted by molar-refractivity contribution is 0.0441. The van der Waals surface area contributed by atoms with Crippen LogP contribution in [0.3, 0.4) is 0 Å². The molecule has 19 heteroatoms. The summed E-state index contributed by atoms with van der Waals surface area (Å²) in [4.78, 5) is 44.9. The summed E-state index contributed by atoms with van der Waals surface area (Å²) in [5, 5.41) is 37.1. The van der Waals surface area contributed by atoms with E-state index >= 15 is 0 Å². The summed E-state index contributed by atoms with van der Waals surface area (Å²) in [5.74, 6) is 1.28. The third kappa shape index (κ3) is 7.38. The van der Waals surface area contributed by atoms with Crippen LogP contribution >= 0.6 is 19.4 Å². The third-order valence-corrected chi connectivity index (χ3v) is 9.54. The smallest absolute Gasteiger partial charge is 0.469 e. The van der Waals surface area contributed by atoms with Crippen LogP contribution in [0.4, 0.5) is 27.9 Å². The molecule has 0 radical (unpaired) electrons. The van der Waals surface area contributed by atoms with E-state index in [-0.39, 0.29) is 53.5 Å². The van der Waals surface area contributed by atoms with Gasteiger partial charge in [0.05, 0.1) is 47.4 Å². The lowest BCUT2D eigenvalue weighted by Gasteiger charge is -2.42. The van der Waals surface area contributed by atoms with E-state index in [4.69, 9.17) is 25.8 Å². The molecule has 2 aromatic heterocycles. The lowest BCUT2D eigenvalue weighted by Crippen LogP contribution is -2.55. The summed E-state index contributed by atoms with van der Waals surface area (Å²) in [7, 11) is -2.10. The number of piperidine rings is 1. The number of rotatable bonds is 11. The van der Waals surface area contributed by atoms with Crippen molar-refractivity contribution in [1.82, 2.24) is 24.5 Å². The van der Waals surface area contributed by atoms with Crippen LogP contribution in [0.15, 0.2) is 42.6 Å². The van der Waals surface area contributed by atoms with Gasteiger partial charge in [0, 0.05) is 32.7 Å². The van der Waals surface area contributed by atoms with Gasteiger partial charge in [-0.2, -0.15) is 20.0 Å². The first-order chi connectivity index (χ1) is 23.9. The highest BCUT2D eigenvalue weighted by Crippen LogP contribution is 2.43. The van der Waals surface area contributed by atoms with E-state index in [9.17, 15) is 34.8 Å². The van der Waals surface area contributed by atoms with Gasteiger partial charge in [0.25, 0.3) is 0 Å². The normalized spacial score (nSPS) is 17.5. The van der Waals surface area contributed by atoms with Crippen LogP contribution in [0, 0.1) is 22.7 Å². The van der Waals surface area contributed by atoms with Crippen LogP contribution in [0.5, 0.6) is 5.75 Å². The van der Waals surface area contributed by atoms with Crippen molar-refractivity contribution in [3.8, 4) is 17.9 Å². The molecule has 1 amide bonds. The minimum Gasteiger partial charge on any atom is -0.497 e. The largest absolute Gasteiger partial charge is 0.497 e. The minimum atomic E-state index is -5.01. The number of benzene rings is 2. The zero-order valence-corrected chi connectivity index (χ0v) is 28.5. The van der Waals surface area contributed by atoms with E-state index in [0.29, 0.717) is 23.7 Å². The minimum absolute atomic E-state index is 0.0646. The highest BCUT2D eigenvalue weighted by Gasteiger charge is 2.39. The molecule has 2 aromatic carbocycles. The number of nitriles is 2. The molecular weight excluding hydrogens is 691 g/mol. The van der Waals surface area contributed by atoms with Gasteiger partial charge in [-0.1, -0.05) is 23.7 Å². The van der Waals surface area contributed by atoms with E-state index < -0.39 is 26.1 Å². The number of methoxy groups -OCH3 is 1. The van der Waals surface area contributed by atoms with Crippen LogP contribution in [0.1, 0.15) is 36.1 Å². The summed E-state index contributed by atoms with van der Waals surface area (Å²) in [6.07, 6.45) is 0.935. The Morgan fingerprint density at radius 3 is 2.54 bits per heavy atom. The third-order valence-electron chi connectivity index (χ3n) is 8.60. The van der Waals surface area contributed by atoms with E-state index in [0.717, 1.165) is 29.1 Å². The molecule has 2 atom stereocenters. The fraction of sp³-hybridized carbons (Fsp3) is 0.355. The summed E-state index contributed by atoms with van der Waals surface area (Å²) < 4.78 is 23.6. The number of fused-ring (bicyclic) bond motifs is 1. The topological polar surface area (TPSA) is 226 Å². The molecule has 17 nitrogen and oxygen atoms in total. The van der Waals surface area contributed by atoms with Crippen molar-refractivity contribution < 1.29 is 33.5 Å². The van der Waals surface area contributed by atoms with Crippen molar-refractivity contribution in [3.05, 3.63) is 64.4 Å². The summed E-state index contributed by atoms with van der Waals surface area (Å²) in [6.45, 7) is 0.581. The molecule has 0 spiro atoms. The highest BCUT2D eigenvalue weighted by atomic mass is 35.5. The van der Waals surface area contributed by atoms with Crippen LogP contribution in [0.2, 0.25) is 5.02 Å². The Labute approximate surface area is 291 Å². The second-order valence-corrected chi connectivity index (χ2v) is 13.5. The van der Waals surface area contributed by atoms with Gasteiger partial charge in [0.2, 0.25) is 5.95 Å². The molecule has 2 aliphatic rings. The number of halogens is 1.